The average Bonchev–Trinajstić information content (AvgIpc) is 2.61. The highest BCUT2D eigenvalue weighted by Crippen LogP contribution is 2.21. The van der Waals surface area contributed by atoms with Crippen molar-refractivity contribution in [3.8, 4) is 0 Å². The van der Waals surface area contributed by atoms with E-state index in [2.05, 4.69) is 6.58 Å². The van der Waals surface area contributed by atoms with Crippen molar-refractivity contribution in [2.75, 3.05) is 20.8 Å². The summed E-state index contributed by atoms with van der Waals surface area (Å²) < 4.78 is 16.4. The van der Waals surface area contributed by atoms with Crippen molar-refractivity contribution < 1.29 is 13.9 Å². The first-order chi connectivity index (χ1) is 11.7. The minimum Gasteiger partial charge on any atom is -0.422 e. The molecule has 0 aliphatic heterocycles. The zero-order chi connectivity index (χ0) is 17.9. The van der Waals surface area contributed by atoms with Crippen LogP contribution in [0.1, 0.15) is 89.9 Å². The Morgan fingerprint density at radius 2 is 1.17 bits per heavy atom. The second-order valence-electron chi connectivity index (χ2n) is 6.82. The maximum absolute atomic E-state index is 5.51. The predicted octanol–water partition coefficient (Wildman–Crippen LogP) is 4.92. The monoisotopic (exact) mass is 358 g/mol. The highest BCUT2D eigenvalue weighted by molar-refractivity contribution is 5.97. The van der Waals surface area contributed by atoms with E-state index >= 15 is 0 Å². The first-order valence-corrected chi connectivity index (χ1v) is 10.8. The van der Waals surface area contributed by atoms with E-state index in [1.54, 1.807) is 14.2 Å². The van der Waals surface area contributed by atoms with E-state index in [1.165, 1.54) is 77.0 Å². The van der Waals surface area contributed by atoms with Crippen LogP contribution in [0.4, 0.5) is 0 Å². The van der Waals surface area contributed by atoms with Gasteiger partial charge >= 0.3 is 0 Å². The number of methoxy groups -OCH3 is 2. The van der Waals surface area contributed by atoms with E-state index < -0.39 is 5.79 Å². The third-order valence-electron chi connectivity index (χ3n) is 4.82. The molecule has 24 heavy (non-hydrogen) atoms. The van der Waals surface area contributed by atoms with Gasteiger partial charge in [0.1, 0.15) is 10.5 Å². The third kappa shape index (κ3) is 13.2. The molecule has 4 heteroatoms. The fourth-order valence-electron chi connectivity index (χ4n) is 3.15. The van der Waals surface area contributed by atoms with Crippen molar-refractivity contribution in [2.45, 2.75) is 95.7 Å². The summed E-state index contributed by atoms with van der Waals surface area (Å²) in [5, 5.41) is 0. The molecule has 0 spiro atoms. The van der Waals surface area contributed by atoms with Gasteiger partial charge in [0.25, 0.3) is 0 Å². The second-order valence-corrected chi connectivity index (χ2v) is 7.40. The minimum atomic E-state index is -0.520. The molecule has 0 fully saturated rings. The number of allylic oxidation sites excluding steroid dienone is 1. The summed E-state index contributed by atoms with van der Waals surface area (Å²) in [6.07, 6.45) is 20.4. The van der Waals surface area contributed by atoms with Gasteiger partial charge in [0.2, 0.25) is 0 Å². The number of hydrogen-bond donors (Lipinski definition) is 0. The van der Waals surface area contributed by atoms with Crippen molar-refractivity contribution in [1.29, 1.82) is 0 Å². The topological polar surface area (TPSA) is 27.7 Å². The van der Waals surface area contributed by atoms with Gasteiger partial charge in [-0.2, -0.15) is 0 Å². The summed E-state index contributed by atoms with van der Waals surface area (Å²) in [5.74, 6) is -0.520. The van der Waals surface area contributed by atoms with E-state index in [4.69, 9.17) is 13.9 Å². The Kier molecular flexibility index (Phi) is 17.5. The summed E-state index contributed by atoms with van der Waals surface area (Å²) in [5.41, 5.74) is 0. The third-order valence-corrected chi connectivity index (χ3v) is 5.11. The molecular formula is C20H42O3Si. The lowest BCUT2D eigenvalue weighted by Crippen LogP contribution is -2.38. The lowest BCUT2D eigenvalue weighted by Gasteiger charge is -2.30. The maximum atomic E-state index is 5.51. The zero-order valence-corrected chi connectivity index (χ0v) is 18.6. The largest absolute Gasteiger partial charge is 0.422 e. The van der Waals surface area contributed by atoms with E-state index in [1.807, 2.05) is 6.08 Å². The van der Waals surface area contributed by atoms with Crippen LogP contribution in [-0.4, -0.2) is 37.1 Å². The normalized spacial score (nSPS) is 11.9. The van der Waals surface area contributed by atoms with Crippen molar-refractivity contribution in [3.63, 3.8) is 0 Å². The molecular weight excluding hydrogens is 316 g/mol. The summed E-state index contributed by atoms with van der Waals surface area (Å²) in [6.45, 7) is 4.32. The quantitative estimate of drug-likeness (QED) is 0.142. The molecule has 0 saturated carbocycles. The number of unbranched alkanes of at least 4 members (excludes halogenated alkanes) is 12. The minimum absolute atomic E-state index is 0.520. The van der Waals surface area contributed by atoms with Crippen LogP contribution < -0.4 is 0 Å². The Balaban J connectivity index is 3.34. The molecule has 144 valence electrons. The summed E-state index contributed by atoms with van der Waals surface area (Å²) >= 11 is 0. The van der Waals surface area contributed by atoms with Crippen LogP contribution in [-0.2, 0) is 13.9 Å². The van der Waals surface area contributed by atoms with Crippen LogP contribution in [0, 0.1) is 0 Å². The van der Waals surface area contributed by atoms with Crippen molar-refractivity contribution in [3.05, 3.63) is 12.7 Å². The first-order valence-electron chi connectivity index (χ1n) is 9.95. The predicted molar refractivity (Wildman–Crippen MR) is 107 cm³/mol. The van der Waals surface area contributed by atoms with Crippen LogP contribution in [0.5, 0.6) is 0 Å². The molecule has 0 heterocycles. The highest BCUT2D eigenvalue weighted by atomic mass is 28.2. The van der Waals surface area contributed by atoms with Gasteiger partial charge in [-0.1, -0.05) is 70.3 Å². The second kappa shape index (κ2) is 17.7. The van der Waals surface area contributed by atoms with E-state index in [0.29, 0.717) is 6.61 Å². The zero-order valence-electron chi connectivity index (χ0n) is 16.6. The Labute approximate surface area is 154 Å². The number of rotatable bonds is 19. The number of hydrogen-bond acceptors (Lipinski definition) is 3. The van der Waals surface area contributed by atoms with E-state index in [9.17, 15) is 0 Å². The Morgan fingerprint density at radius 3 is 1.54 bits per heavy atom. The lowest BCUT2D eigenvalue weighted by molar-refractivity contribution is -0.226. The molecule has 0 unspecified atom stereocenters. The van der Waals surface area contributed by atoms with Gasteiger partial charge in [-0.3, -0.25) is 0 Å². The molecule has 0 bridgehead atoms. The summed E-state index contributed by atoms with van der Waals surface area (Å²) in [7, 11) is 4.15. The molecule has 0 aromatic carbocycles. The molecule has 0 radical (unpaired) electrons. The lowest BCUT2D eigenvalue weighted by atomic mass is 10.0. The molecule has 0 aliphatic carbocycles. The fourth-order valence-corrected chi connectivity index (χ4v) is 3.59. The van der Waals surface area contributed by atoms with E-state index in [-0.39, 0.29) is 0 Å². The van der Waals surface area contributed by atoms with Gasteiger partial charge < -0.3 is 13.9 Å². The first kappa shape index (κ1) is 23.8. The van der Waals surface area contributed by atoms with Crippen molar-refractivity contribution in [2.24, 2.45) is 0 Å². The number of ether oxygens (including phenoxy) is 2. The Morgan fingerprint density at radius 1 is 0.750 bits per heavy atom. The van der Waals surface area contributed by atoms with Crippen LogP contribution in [0.3, 0.4) is 0 Å². The molecule has 0 aromatic heterocycles. The summed E-state index contributed by atoms with van der Waals surface area (Å²) in [4.78, 5) is 0. The van der Waals surface area contributed by atoms with Gasteiger partial charge in [0, 0.05) is 20.6 Å². The molecule has 3 nitrogen and oxygen atoms in total. The molecule has 0 saturated heterocycles. The van der Waals surface area contributed by atoms with Gasteiger partial charge in [-0.15, -0.1) is 6.58 Å². The maximum Gasteiger partial charge on any atom is 0.189 e. The summed E-state index contributed by atoms with van der Waals surface area (Å²) in [6, 6.07) is 0. The molecule has 0 N–H and O–H groups in total. The Bertz CT molecular complexity index is 268. The molecule has 0 amide bonds. The highest BCUT2D eigenvalue weighted by Gasteiger charge is 2.28. The molecule has 0 aromatic rings. The molecule has 0 rings (SSSR count). The SMILES string of the molecule is C=CCCCCCCCCCCCCCCC(CO[SiH3])(OC)OC. The van der Waals surface area contributed by atoms with E-state index in [0.717, 1.165) is 23.3 Å². The molecule has 0 aliphatic rings. The molecule has 0 atom stereocenters. The van der Waals surface area contributed by atoms with Crippen LogP contribution >= 0.6 is 0 Å². The van der Waals surface area contributed by atoms with Gasteiger partial charge in [0.15, 0.2) is 5.79 Å². The van der Waals surface area contributed by atoms with Gasteiger partial charge in [0.05, 0.1) is 6.61 Å². The Hall–Kier alpha value is -0.163. The van der Waals surface area contributed by atoms with Crippen molar-refractivity contribution >= 4 is 10.5 Å². The van der Waals surface area contributed by atoms with Crippen LogP contribution in [0.25, 0.3) is 0 Å². The average molecular weight is 359 g/mol. The standard InChI is InChI=1S/C20H42O3Si/c1-4-5-6-7-8-9-10-11-12-13-14-15-16-17-18-20(21-2,22-3)19-23-24/h4H,1,5-19H2,2-3,24H3. The van der Waals surface area contributed by atoms with Gasteiger partial charge in [-0.25, -0.2) is 0 Å². The fraction of sp³-hybridized carbons (Fsp3) is 0.900. The smallest absolute Gasteiger partial charge is 0.189 e. The van der Waals surface area contributed by atoms with Crippen LogP contribution in [0.15, 0.2) is 12.7 Å². The van der Waals surface area contributed by atoms with Crippen LogP contribution in [0.2, 0.25) is 0 Å². The van der Waals surface area contributed by atoms with Crippen molar-refractivity contribution in [1.82, 2.24) is 0 Å². The van der Waals surface area contributed by atoms with Gasteiger partial charge in [-0.05, 0) is 19.3 Å².